The molecule has 0 aliphatic carbocycles. The molecule has 8 nitrogen and oxygen atoms in total. The lowest BCUT2D eigenvalue weighted by atomic mass is 10.00. The Bertz CT molecular complexity index is 973. The lowest BCUT2D eigenvalue weighted by molar-refractivity contribution is -0.384. The van der Waals surface area contributed by atoms with Crippen molar-refractivity contribution in [3.63, 3.8) is 0 Å². The number of carbonyl (C=O) groups is 1. The number of carbonyl (C=O) groups excluding carboxylic acids is 1. The van der Waals surface area contributed by atoms with Crippen molar-refractivity contribution in [3.8, 4) is 0 Å². The van der Waals surface area contributed by atoms with Crippen LogP contribution < -0.4 is 4.31 Å². The maximum Gasteiger partial charge on any atom is 0.269 e. The van der Waals surface area contributed by atoms with Crippen LogP contribution in [0.3, 0.4) is 0 Å². The molecule has 3 rings (SSSR count). The van der Waals surface area contributed by atoms with Gasteiger partial charge in [0.1, 0.15) is 6.54 Å². The van der Waals surface area contributed by atoms with Crippen molar-refractivity contribution in [1.29, 1.82) is 0 Å². The Labute approximate surface area is 157 Å². The monoisotopic (exact) mass is 389 g/mol. The maximum atomic E-state index is 12.7. The van der Waals surface area contributed by atoms with Crippen molar-refractivity contribution >= 4 is 27.3 Å². The summed E-state index contributed by atoms with van der Waals surface area (Å²) in [5, 5.41) is 10.8. The van der Waals surface area contributed by atoms with Crippen LogP contribution in [0.5, 0.6) is 0 Å². The van der Waals surface area contributed by atoms with Crippen LogP contribution in [-0.4, -0.2) is 43.5 Å². The van der Waals surface area contributed by atoms with Crippen LogP contribution in [0.25, 0.3) is 0 Å². The molecule has 1 amide bonds. The Kier molecular flexibility index (Phi) is 5.13. The second-order valence-electron chi connectivity index (χ2n) is 6.38. The Hall–Kier alpha value is -2.94. The molecule has 27 heavy (non-hydrogen) atoms. The third-order valence-electron chi connectivity index (χ3n) is 4.51. The molecule has 2 aromatic carbocycles. The number of non-ortho nitro benzene ring substituents is 1. The van der Waals surface area contributed by atoms with Gasteiger partial charge in [-0.1, -0.05) is 24.3 Å². The number of anilines is 1. The number of sulfonamides is 1. The molecule has 2 aromatic rings. The van der Waals surface area contributed by atoms with E-state index in [9.17, 15) is 23.3 Å². The fourth-order valence-electron chi connectivity index (χ4n) is 3.07. The first-order chi connectivity index (χ1) is 12.8. The molecule has 0 fully saturated rings. The molecule has 1 aliphatic heterocycles. The van der Waals surface area contributed by atoms with E-state index >= 15 is 0 Å². The molecule has 142 valence electrons. The zero-order valence-corrected chi connectivity index (χ0v) is 15.6. The highest BCUT2D eigenvalue weighted by Gasteiger charge is 2.26. The van der Waals surface area contributed by atoms with Crippen LogP contribution >= 0.6 is 0 Å². The zero-order chi connectivity index (χ0) is 19.6. The number of rotatable bonds is 5. The fourth-order valence-corrected chi connectivity index (χ4v) is 3.92. The van der Waals surface area contributed by atoms with Crippen LogP contribution in [0.4, 0.5) is 11.4 Å². The molecular formula is C18H19N3O5S. The van der Waals surface area contributed by atoms with Crippen molar-refractivity contribution < 1.29 is 18.1 Å². The van der Waals surface area contributed by atoms with Gasteiger partial charge in [-0.2, -0.15) is 0 Å². The summed E-state index contributed by atoms with van der Waals surface area (Å²) in [6, 6.07) is 12.9. The van der Waals surface area contributed by atoms with E-state index in [1.54, 1.807) is 4.90 Å². The van der Waals surface area contributed by atoms with Gasteiger partial charge >= 0.3 is 0 Å². The minimum Gasteiger partial charge on any atom is -0.336 e. The maximum absolute atomic E-state index is 12.7. The minimum atomic E-state index is -3.73. The number of amides is 1. The number of benzene rings is 2. The van der Waals surface area contributed by atoms with Gasteiger partial charge in [-0.05, 0) is 29.7 Å². The van der Waals surface area contributed by atoms with Crippen LogP contribution in [-0.2, 0) is 27.8 Å². The number of nitro groups is 1. The fraction of sp³-hybridized carbons (Fsp3) is 0.278. The summed E-state index contributed by atoms with van der Waals surface area (Å²) in [5.74, 6) is -0.312. The molecule has 1 heterocycles. The molecule has 9 heteroatoms. The van der Waals surface area contributed by atoms with E-state index in [1.165, 1.54) is 29.8 Å². The molecule has 0 unspecified atom stereocenters. The lowest BCUT2D eigenvalue weighted by Crippen LogP contribution is -2.44. The quantitative estimate of drug-likeness (QED) is 0.575. The van der Waals surface area contributed by atoms with Crippen molar-refractivity contribution in [1.82, 2.24) is 4.90 Å². The third kappa shape index (κ3) is 4.25. The summed E-state index contributed by atoms with van der Waals surface area (Å²) in [6.07, 6.45) is 1.73. The van der Waals surface area contributed by atoms with Crippen LogP contribution in [0.2, 0.25) is 0 Å². The van der Waals surface area contributed by atoms with Crippen LogP contribution in [0, 0.1) is 10.1 Å². The van der Waals surface area contributed by atoms with Crippen molar-refractivity contribution in [2.75, 3.05) is 23.7 Å². The van der Waals surface area contributed by atoms with Crippen LogP contribution in [0.15, 0.2) is 48.5 Å². The van der Waals surface area contributed by atoms with Gasteiger partial charge < -0.3 is 4.90 Å². The molecule has 0 radical (unpaired) electrons. The predicted molar refractivity (Wildman–Crippen MR) is 101 cm³/mol. The predicted octanol–water partition coefficient (Wildman–Crippen LogP) is 1.95. The molecule has 0 saturated carbocycles. The smallest absolute Gasteiger partial charge is 0.269 e. The van der Waals surface area contributed by atoms with E-state index in [4.69, 9.17) is 0 Å². The highest BCUT2D eigenvalue weighted by atomic mass is 32.2. The molecule has 0 bridgehead atoms. The van der Waals surface area contributed by atoms with Crippen molar-refractivity contribution in [2.24, 2.45) is 0 Å². The van der Waals surface area contributed by atoms with E-state index < -0.39 is 14.9 Å². The first-order valence-corrected chi connectivity index (χ1v) is 10.2. The highest BCUT2D eigenvalue weighted by molar-refractivity contribution is 7.92. The normalized spacial score (nSPS) is 13.7. The van der Waals surface area contributed by atoms with E-state index in [2.05, 4.69) is 0 Å². The van der Waals surface area contributed by atoms with Gasteiger partial charge in [0.25, 0.3) is 5.69 Å². The number of fused-ring (bicyclic) bond motifs is 1. The van der Waals surface area contributed by atoms with Gasteiger partial charge in [0.15, 0.2) is 0 Å². The Morgan fingerprint density at radius 3 is 2.37 bits per heavy atom. The standard InChI is InChI=1S/C18H19N3O5S/c1-27(25,26)20(16-6-8-17(9-7-16)21(23)24)13-18(22)19-11-10-14-4-2-3-5-15(14)12-19/h2-9H,10-13H2,1H3. The molecule has 0 N–H and O–H groups in total. The van der Waals surface area contributed by atoms with Gasteiger partial charge in [0.2, 0.25) is 15.9 Å². The Morgan fingerprint density at radius 1 is 1.15 bits per heavy atom. The molecule has 0 aromatic heterocycles. The number of hydrogen-bond acceptors (Lipinski definition) is 5. The van der Waals surface area contributed by atoms with E-state index in [0.717, 1.165) is 22.5 Å². The second kappa shape index (κ2) is 7.36. The van der Waals surface area contributed by atoms with Gasteiger partial charge in [0.05, 0.1) is 16.9 Å². The van der Waals surface area contributed by atoms with Gasteiger partial charge in [-0.3, -0.25) is 19.2 Å². The van der Waals surface area contributed by atoms with Crippen LogP contribution in [0.1, 0.15) is 11.1 Å². The molecule has 1 aliphatic rings. The molecule has 0 atom stereocenters. The minimum absolute atomic E-state index is 0.147. The van der Waals surface area contributed by atoms with E-state index in [0.29, 0.717) is 13.1 Å². The number of hydrogen-bond donors (Lipinski definition) is 0. The highest BCUT2D eigenvalue weighted by Crippen LogP contribution is 2.23. The first kappa shape index (κ1) is 18.8. The largest absolute Gasteiger partial charge is 0.336 e. The lowest BCUT2D eigenvalue weighted by Gasteiger charge is -2.31. The van der Waals surface area contributed by atoms with Gasteiger partial charge in [-0.25, -0.2) is 8.42 Å². The third-order valence-corrected chi connectivity index (χ3v) is 5.65. The average molecular weight is 389 g/mol. The summed E-state index contributed by atoms with van der Waals surface area (Å²) in [6.45, 7) is 0.611. The van der Waals surface area contributed by atoms with Gasteiger partial charge in [-0.15, -0.1) is 0 Å². The molecule has 0 spiro atoms. The zero-order valence-electron chi connectivity index (χ0n) is 14.7. The molecular weight excluding hydrogens is 370 g/mol. The summed E-state index contributed by atoms with van der Waals surface area (Å²) < 4.78 is 25.3. The summed E-state index contributed by atoms with van der Waals surface area (Å²) in [5.41, 5.74) is 2.32. The second-order valence-corrected chi connectivity index (χ2v) is 8.28. The Balaban J connectivity index is 1.79. The summed E-state index contributed by atoms with van der Waals surface area (Å²) in [7, 11) is -3.73. The number of nitrogens with zero attached hydrogens (tertiary/aromatic N) is 3. The van der Waals surface area contributed by atoms with Crippen molar-refractivity contribution in [3.05, 3.63) is 69.8 Å². The summed E-state index contributed by atoms with van der Waals surface area (Å²) >= 11 is 0. The van der Waals surface area contributed by atoms with Crippen molar-refractivity contribution in [2.45, 2.75) is 13.0 Å². The Morgan fingerprint density at radius 2 is 1.78 bits per heavy atom. The molecule has 0 saturated heterocycles. The van der Waals surface area contributed by atoms with E-state index in [1.807, 2.05) is 24.3 Å². The SMILES string of the molecule is CS(=O)(=O)N(CC(=O)N1CCc2ccccc2C1)c1ccc([N+](=O)[O-])cc1. The summed E-state index contributed by atoms with van der Waals surface area (Å²) in [4.78, 5) is 24.6. The first-order valence-electron chi connectivity index (χ1n) is 8.32. The topological polar surface area (TPSA) is 101 Å². The van der Waals surface area contributed by atoms with Gasteiger partial charge in [0, 0.05) is 25.2 Å². The average Bonchev–Trinajstić information content (AvgIpc) is 2.64. The van der Waals surface area contributed by atoms with E-state index in [-0.39, 0.29) is 23.8 Å². The number of nitro benzene ring substituents is 1.